The van der Waals surface area contributed by atoms with Crippen molar-refractivity contribution in [3.8, 4) is 0 Å². The molecule has 142 valence electrons. The maximum Gasteiger partial charge on any atom is 0.341 e. The van der Waals surface area contributed by atoms with Crippen molar-refractivity contribution in [1.29, 1.82) is 0 Å². The number of aliphatic imine (C=N–C) groups is 1. The SMILES string of the molecule is CN=C(NCc1cc(C(=O)OC)c(C)o1)NCc1ncc(C(C)(C)C)o1. The molecule has 2 N–H and O–H groups in total. The predicted molar refractivity (Wildman–Crippen MR) is 97.0 cm³/mol. The Morgan fingerprint density at radius 1 is 1.27 bits per heavy atom. The maximum absolute atomic E-state index is 11.6. The number of guanidine groups is 1. The zero-order valence-corrected chi connectivity index (χ0v) is 16.1. The third-order valence-electron chi connectivity index (χ3n) is 3.73. The summed E-state index contributed by atoms with van der Waals surface area (Å²) in [5.41, 5.74) is 0.335. The Kier molecular flexibility index (Phi) is 6.07. The van der Waals surface area contributed by atoms with E-state index in [9.17, 15) is 4.79 Å². The number of rotatable bonds is 5. The van der Waals surface area contributed by atoms with E-state index in [1.54, 1.807) is 26.2 Å². The largest absolute Gasteiger partial charge is 0.465 e. The first-order chi connectivity index (χ1) is 12.2. The summed E-state index contributed by atoms with van der Waals surface area (Å²) in [5.74, 6) is 2.69. The molecule has 0 aliphatic heterocycles. The highest BCUT2D eigenvalue weighted by Gasteiger charge is 2.19. The van der Waals surface area contributed by atoms with Gasteiger partial charge in [-0.2, -0.15) is 0 Å². The Bertz CT molecular complexity index is 783. The topological polar surface area (TPSA) is 102 Å². The third kappa shape index (κ3) is 4.87. The third-order valence-corrected chi connectivity index (χ3v) is 3.73. The van der Waals surface area contributed by atoms with Crippen molar-refractivity contribution < 1.29 is 18.4 Å². The number of aromatic nitrogens is 1. The van der Waals surface area contributed by atoms with Gasteiger partial charge >= 0.3 is 5.97 Å². The van der Waals surface area contributed by atoms with Crippen LogP contribution in [-0.4, -0.2) is 31.1 Å². The second kappa shape index (κ2) is 8.07. The van der Waals surface area contributed by atoms with Crippen molar-refractivity contribution in [2.45, 2.75) is 46.2 Å². The lowest BCUT2D eigenvalue weighted by molar-refractivity contribution is 0.0599. The van der Waals surface area contributed by atoms with Gasteiger partial charge in [-0.25, -0.2) is 9.78 Å². The van der Waals surface area contributed by atoms with Gasteiger partial charge in [-0.15, -0.1) is 0 Å². The highest BCUT2D eigenvalue weighted by molar-refractivity contribution is 5.90. The van der Waals surface area contributed by atoms with E-state index in [1.807, 2.05) is 0 Å². The van der Waals surface area contributed by atoms with Crippen LogP contribution in [0.3, 0.4) is 0 Å². The molecule has 8 heteroatoms. The fourth-order valence-electron chi connectivity index (χ4n) is 2.23. The lowest BCUT2D eigenvalue weighted by atomic mass is 9.94. The average molecular weight is 362 g/mol. The highest BCUT2D eigenvalue weighted by Crippen LogP contribution is 2.22. The van der Waals surface area contributed by atoms with E-state index in [0.29, 0.717) is 42.0 Å². The molecular formula is C18H26N4O4. The quantitative estimate of drug-likeness (QED) is 0.479. The second-order valence-corrected chi connectivity index (χ2v) is 6.82. The standard InChI is InChI=1S/C18H26N4O4/c1-11-13(16(23)24-6)7-12(25-11)8-21-17(19-5)22-10-15-20-9-14(26-15)18(2,3)4/h7,9H,8,10H2,1-6H3,(H2,19,21,22). The van der Waals surface area contributed by atoms with E-state index in [2.05, 4.69) is 41.4 Å². The molecule has 0 aliphatic rings. The van der Waals surface area contributed by atoms with E-state index >= 15 is 0 Å². The summed E-state index contributed by atoms with van der Waals surface area (Å²) >= 11 is 0. The highest BCUT2D eigenvalue weighted by atomic mass is 16.5. The van der Waals surface area contributed by atoms with Crippen LogP contribution in [0.1, 0.15) is 54.3 Å². The number of aryl methyl sites for hydroxylation is 1. The van der Waals surface area contributed by atoms with Crippen molar-refractivity contribution in [1.82, 2.24) is 15.6 Å². The lowest BCUT2D eigenvalue weighted by Gasteiger charge is -2.13. The maximum atomic E-state index is 11.6. The minimum atomic E-state index is -0.418. The number of ether oxygens (including phenoxy) is 1. The van der Waals surface area contributed by atoms with Crippen LogP contribution < -0.4 is 10.6 Å². The molecule has 2 heterocycles. The Morgan fingerprint density at radius 2 is 1.96 bits per heavy atom. The normalized spacial score (nSPS) is 12.2. The van der Waals surface area contributed by atoms with Crippen molar-refractivity contribution in [2.24, 2.45) is 4.99 Å². The summed E-state index contributed by atoms with van der Waals surface area (Å²) in [6, 6.07) is 1.66. The average Bonchev–Trinajstić information content (AvgIpc) is 3.21. The fraction of sp³-hybridized carbons (Fsp3) is 0.500. The van der Waals surface area contributed by atoms with Gasteiger partial charge in [-0.1, -0.05) is 20.8 Å². The van der Waals surface area contributed by atoms with Gasteiger partial charge in [-0.05, 0) is 13.0 Å². The summed E-state index contributed by atoms with van der Waals surface area (Å²) in [6.45, 7) is 8.70. The van der Waals surface area contributed by atoms with Crippen LogP contribution in [0.5, 0.6) is 0 Å². The number of hydrogen-bond donors (Lipinski definition) is 2. The van der Waals surface area contributed by atoms with E-state index in [0.717, 1.165) is 5.76 Å². The molecule has 2 aromatic heterocycles. The molecule has 0 unspecified atom stereocenters. The second-order valence-electron chi connectivity index (χ2n) is 6.82. The van der Waals surface area contributed by atoms with E-state index in [-0.39, 0.29) is 5.41 Å². The number of carbonyl (C=O) groups excluding carboxylic acids is 1. The summed E-state index contributed by atoms with van der Waals surface area (Å²) in [5, 5.41) is 6.24. The lowest BCUT2D eigenvalue weighted by Crippen LogP contribution is -2.36. The van der Waals surface area contributed by atoms with Gasteiger partial charge in [0.15, 0.2) is 5.96 Å². The van der Waals surface area contributed by atoms with Crippen LogP contribution in [0.15, 0.2) is 26.1 Å². The summed E-state index contributed by atoms with van der Waals surface area (Å²) in [7, 11) is 3.00. The van der Waals surface area contributed by atoms with E-state index in [4.69, 9.17) is 13.6 Å². The van der Waals surface area contributed by atoms with Crippen LogP contribution in [-0.2, 0) is 23.2 Å². The van der Waals surface area contributed by atoms with Crippen molar-refractivity contribution in [3.05, 3.63) is 41.0 Å². The molecule has 0 aliphatic carbocycles. The van der Waals surface area contributed by atoms with Crippen LogP contribution in [0, 0.1) is 6.92 Å². The van der Waals surface area contributed by atoms with E-state index < -0.39 is 5.97 Å². The van der Waals surface area contributed by atoms with Gasteiger partial charge in [0.2, 0.25) is 5.89 Å². The van der Waals surface area contributed by atoms with Gasteiger partial charge in [-0.3, -0.25) is 4.99 Å². The summed E-state index contributed by atoms with van der Waals surface area (Å²) in [6.07, 6.45) is 1.74. The summed E-state index contributed by atoms with van der Waals surface area (Å²) < 4.78 is 16.0. The molecule has 0 saturated carbocycles. The molecule has 0 amide bonds. The van der Waals surface area contributed by atoms with Crippen LogP contribution in [0.2, 0.25) is 0 Å². The number of furan rings is 1. The van der Waals surface area contributed by atoms with Crippen LogP contribution >= 0.6 is 0 Å². The number of nitrogens with zero attached hydrogens (tertiary/aromatic N) is 2. The zero-order valence-electron chi connectivity index (χ0n) is 16.1. The Labute approximate surface area is 153 Å². The molecule has 0 fully saturated rings. The van der Waals surface area contributed by atoms with Gasteiger partial charge in [0.05, 0.1) is 26.4 Å². The fourth-order valence-corrected chi connectivity index (χ4v) is 2.23. The summed E-state index contributed by atoms with van der Waals surface area (Å²) in [4.78, 5) is 20.0. The molecule has 0 aromatic carbocycles. The first kappa shape index (κ1) is 19.6. The Morgan fingerprint density at radius 3 is 2.54 bits per heavy atom. The van der Waals surface area contributed by atoms with Crippen LogP contribution in [0.4, 0.5) is 0 Å². The molecule has 26 heavy (non-hydrogen) atoms. The molecule has 2 aromatic rings. The van der Waals surface area contributed by atoms with Gasteiger partial charge in [0.25, 0.3) is 0 Å². The first-order valence-corrected chi connectivity index (χ1v) is 8.32. The molecule has 8 nitrogen and oxygen atoms in total. The number of carbonyl (C=O) groups is 1. The molecule has 0 bridgehead atoms. The van der Waals surface area contributed by atoms with Gasteiger partial charge < -0.3 is 24.2 Å². The zero-order chi connectivity index (χ0) is 19.3. The number of nitrogens with one attached hydrogen (secondary N) is 2. The van der Waals surface area contributed by atoms with Crippen molar-refractivity contribution in [2.75, 3.05) is 14.2 Å². The van der Waals surface area contributed by atoms with Crippen molar-refractivity contribution >= 4 is 11.9 Å². The molecule has 0 atom stereocenters. The van der Waals surface area contributed by atoms with Crippen molar-refractivity contribution in [3.63, 3.8) is 0 Å². The van der Waals surface area contributed by atoms with Gasteiger partial charge in [0.1, 0.15) is 22.8 Å². The number of oxazole rings is 1. The molecule has 0 spiro atoms. The first-order valence-electron chi connectivity index (χ1n) is 8.32. The molecule has 2 rings (SSSR count). The Balaban J connectivity index is 1.90. The van der Waals surface area contributed by atoms with Crippen LogP contribution in [0.25, 0.3) is 0 Å². The number of esters is 1. The molecule has 0 radical (unpaired) electrons. The predicted octanol–water partition coefficient (Wildman–Crippen LogP) is 2.53. The Hall–Kier alpha value is -2.77. The van der Waals surface area contributed by atoms with E-state index in [1.165, 1.54) is 7.11 Å². The monoisotopic (exact) mass is 362 g/mol. The minimum Gasteiger partial charge on any atom is -0.465 e. The smallest absolute Gasteiger partial charge is 0.341 e. The molecular weight excluding hydrogens is 336 g/mol. The molecule has 0 saturated heterocycles. The number of methoxy groups -OCH3 is 1. The van der Waals surface area contributed by atoms with Gasteiger partial charge in [0, 0.05) is 12.5 Å². The minimum absolute atomic E-state index is 0.0837. The number of hydrogen-bond acceptors (Lipinski definition) is 6.